The summed E-state index contributed by atoms with van der Waals surface area (Å²) in [4.78, 5) is 11.5. The summed E-state index contributed by atoms with van der Waals surface area (Å²) in [6.45, 7) is 12.2. The smallest absolute Gasteiger partial charge is 0.407 e. The zero-order chi connectivity index (χ0) is 17.2. The molecule has 0 aromatic heterocycles. The number of carbonyl (C=O) groups is 1. The molecule has 0 aromatic carbocycles. The van der Waals surface area contributed by atoms with E-state index in [2.05, 4.69) is 30.7 Å². The van der Waals surface area contributed by atoms with Crippen LogP contribution >= 0.6 is 11.8 Å². The standard InChI is InChI=1S/C16H34N2O3S/c1-15(2,3)21-14(19)17-10-8-9-13(11-20-6)18-12-16(4,5)22-7/h13,18H,8-12H2,1-7H3,(H,17,19). The number of amides is 1. The molecule has 132 valence electrons. The van der Waals surface area contributed by atoms with E-state index in [1.807, 2.05) is 32.5 Å². The summed E-state index contributed by atoms with van der Waals surface area (Å²) >= 11 is 1.85. The van der Waals surface area contributed by atoms with Gasteiger partial charge in [0.15, 0.2) is 0 Å². The van der Waals surface area contributed by atoms with Crippen molar-refractivity contribution in [1.82, 2.24) is 10.6 Å². The van der Waals surface area contributed by atoms with Gasteiger partial charge in [-0.2, -0.15) is 11.8 Å². The van der Waals surface area contributed by atoms with Gasteiger partial charge in [0.25, 0.3) is 0 Å². The minimum atomic E-state index is -0.451. The normalized spacial score (nSPS) is 13.8. The van der Waals surface area contributed by atoms with Gasteiger partial charge in [0.1, 0.15) is 5.60 Å². The second-order valence-corrected chi connectivity index (χ2v) is 8.58. The van der Waals surface area contributed by atoms with Crippen LogP contribution in [0.1, 0.15) is 47.5 Å². The van der Waals surface area contributed by atoms with E-state index >= 15 is 0 Å². The van der Waals surface area contributed by atoms with E-state index in [1.54, 1.807) is 7.11 Å². The van der Waals surface area contributed by atoms with Crippen LogP contribution in [0.5, 0.6) is 0 Å². The second-order valence-electron chi connectivity index (χ2n) is 7.07. The summed E-state index contributed by atoms with van der Waals surface area (Å²) < 4.78 is 10.7. The molecule has 0 aliphatic rings. The number of hydrogen-bond acceptors (Lipinski definition) is 5. The molecule has 0 saturated heterocycles. The molecule has 0 saturated carbocycles. The highest BCUT2D eigenvalue weighted by molar-refractivity contribution is 7.99. The van der Waals surface area contributed by atoms with Gasteiger partial charge in [-0.05, 0) is 53.7 Å². The van der Waals surface area contributed by atoms with Crippen molar-refractivity contribution in [3.63, 3.8) is 0 Å². The van der Waals surface area contributed by atoms with Crippen LogP contribution in [0.15, 0.2) is 0 Å². The predicted octanol–water partition coefficient (Wildman–Crippen LogP) is 3.04. The summed E-state index contributed by atoms with van der Waals surface area (Å²) in [6.07, 6.45) is 3.61. The Kier molecular flexibility index (Phi) is 10.1. The van der Waals surface area contributed by atoms with Crippen molar-refractivity contribution in [2.75, 3.05) is 33.1 Å². The molecule has 22 heavy (non-hydrogen) atoms. The van der Waals surface area contributed by atoms with Crippen LogP contribution in [-0.4, -0.2) is 55.5 Å². The number of thioether (sulfide) groups is 1. The SMILES string of the molecule is COCC(CCCNC(=O)OC(C)(C)C)NCC(C)(C)SC. The van der Waals surface area contributed by atoms with E-state index in [1.165, 1.54) is 0 Å². The third kappa shape index (κ3) is 12.1. The number of alkyl carbamates (subject to hydrolysis) is 1. The van der Waals surface area contributed by atoms with Crippen molar-refractivity contribution < 1.29 is 14.3 Å². The van der Waals surface area contributed by atoms with E-state index in [0.29, 0.717) is 19.2 Å². The Morgan fingerprint density at radius 1 is 1.23 bits per heavy atom. The number of hydrogen-bond donors (Lipinski definition) is 2. The van der Waals surface area contributed by atoms with Crippen LogP contribution in [-0.2, 0) is 9.47 Å². The van der Waals surface area contributed by atoms with Crippen molar-refractivity contribution in [3.8, 4) is 0 Å². The lowest BCUT2D eigenvalue weighted by atomic mass is 10.1. The van der Waals surface area contributed by atoms with Gasteiger partial charge in [-0.25, -0.2) is 4.79 Å². The van der Waals surface area contributed by atoms with E-state index in [9.17, 15) is 4.79 Å². The first-order valence-electron chi connectivity index (χ1n) is 7.84. The van der Waals surface area contributed by atoms with Crippen molar-refractivity contribution in [1.29, 1.82) is 0 Å². The van der Waals surface area contributed by atoms with Crippen molar-refractivity contribution in [2.24, 2.45) is 0 Å². The van der Waals surface area contributed by atoms with E-state index in [-0.39, 0.29) is 10.8 Å². The third-order valence-electron chi connectivity index (χ3n) is 3.13. The highest BCUT2D eigenvalue weighted by Gasteiger charge is 2.19. The summed E-state index contributed by atoms with van der Waals surface area (Å²) in [5.41, 5.74) is -0.451. The summed E-state index contributed by atoms with van der Waals surface area (Å²) in [6, 6.07) is 0.303. The number of methoxy groups -OCH3 is 1. The average molecular weight is 335 g/mol. The van der Waals surface area contributed by atoms with Crippen molar-refractivity contribution in [2.45, 2.75) is 63.9 Å². The molecule has 5 nitrogen and oxygen atoms in total. The molecule has 0 heterocycles. The highest BCUT2D eigenvalue weighted by Crippen LogP contribution is 2.20. The first kappa shape index (κ1) is 21.5. The maximum atomic E-state index is 11.5. The molecule has 0 aliphatic carbocycles. The fourth-order valence-corrected chi connectivity index (χ4v) is 1.99. The molecular weight excluding hydrogens is 300 g/mol. The van der Waals surface area contributed by atoms with Crippen LogP contribution in [0.3, 0.4) is 0 Å². The van der Waals surface area contributed by atoms with Gasteiger partial charge in [-0.15, -0.1) is 0 Å². The minimum Gasteiger partial charge on any atom is -0.444 e. The maximum Gasteiger partial charge on any atom is 0.407 e. The predicted molar refractivity (Wildman–Crippen MR) is 94.7 cm³/mol. The molecular formula is C16H34N2O3S. The summed E-state index contributed by atoms with van der Waals surface area (Å²) in [5.74, 6) is 0. The molecule has 1 unspecified atom stereocenters. The maximum absolute atomic E-state index is 11.5. The molecule has 0 aliphatic heterocycles. The molecule has 0 fully saturated rings. The Hall–Kier alpha value is -0.460. The van der Waals surface area contributed by atoms with Crippen LogP contribution in [0.4, 0.5) is 4.79 Å². The van der Waals surface area contributed by atoms with Crippen LogP contribution < -0.4 is 10.6 Å². The molecule has 1 atom stereocenters. The average Bonchev–Trinajstić information content (AvgIpc) is 2.39. The molecule has 2 N–H and O–H groups in total. The molecule has 6 heteroatoms. The van der Waals surface area contributed by atoms with Gasteiger partial charge in [0.2, 0.25) is 0 Å². The Labute approximate surface area is 140 Å². The Bertz CT molecular complexity index is 317. The zero-order valence-electron chi connectivity index (χ0n) is 15.2. The largest absolute Gasteiger partial charge is 0.444 e. The molecule has 1 amide bonds. The molecule has 0 aromatic rings. The van der Waals surface area contributed by atoms with E-state index in [0.717, 1.165) is 19.4 Å². The highest BCUT2D eigenvalue weighted by atomic mass is 32.2. The van der Waals surface area contributed by atoms with E-state index in [4.69, 9.17) is 9.47 Å². The Morgan fingerprint density at radius 3 is 2.36 bits per heavy atom. The lowest BCUT2D eigenvalue weighted by Gasteiger charge is -2.26. The Morgan fingerprint density at radius 2 is 1.86 bits per heavy atom. The first-order valence-corrected chi connectivity index (χ1v) is 9.06. The van der Waals surface area contributed by atoms with Gasteiger partial charge >= 0.3 is 6.09 Å². The first-order chi connectivity index (χ1) is 10.1. The van der Waals surface area contributed by atoms with Crippen LogP contribution in [0, 0.1) is 0 Å². The number of carbonyl (C=O) groups excluding carboxylic acids is 1. The monoisotopic (exact) mass is 334 g/mol. The summed E-state index contributed by atoms with van der Waals surface area (Å²) in [7, 11) is 1.72. The Balaban J connectivity index is 3.98. The molecule has 0 spiro atoms. The van der Waals surface area contributed by atoms with Gasteiger partial charge in [-0.3, -0.25) is 0 Å². The summed E-state index contributed by atoms with van der Waals surface area (Å²) in [5, 5.41) is 6.33. The van der Waals surface area contributed by atoms with Crippen LogP contribution in [0.2, 0.25) is 0 Å². The van der Waals surface area contributed by atoms with Crippen molar-refractivity contribution in [3.05, 3.63) is 0 Å². The molecule has 0 rings (SSSR count). The van der Waals surface area contributed by atoms with Gasteiger partial charge in [-0.1, -0.05) is 0 Å². The fourth-order valence-electron chi connectivity index (χ4n) is 1.76. The second kappa shape index (κ2) is 10.3. The third-order valence-corrected chi connectivity index (χ3v) is 4.38. The zero-order valence-corrected chi connectivity index (χ0v) is 16.1. The molecule has 0 bridgehead atoms. The minimum absolute atomic E-state index is 0.209. The quantitative estimate of drug-likeness (QED) is 0.601. The number of ether oxygens (including phenoxy) is 2. The van der Waals surface area contributed by atoms with Crippen molar-refractivity contribution >= 4 is 17.9 Å². The van der Waals surface area contributed by atoms with Gasteiger partial charge < -0.3 is 20.1 Å². The van der Waals surface area contributed by atoms with E-state index < -0.39 is 5.60 Å². The lowest BCUT2D eigenvalue weighted by molar-refractivity contribution is 0.0526. The number of rotatable bonds is 10. The topological polar surface area (TPSA) is 59.6 Å². The van der Waals surface area contributed by atoms with Gasteiger partial charge in [0, 0.05) is 31.0 Å². The van der Waals surface area contributed by atoms with Crippen LogP contribution in [0.25, 0.3) is 0 Å². The lowest BCUT2D eigenvalue weighted by Crippen LogP contribution is -2.41. The number of nitrogens with one attached hydrogen (secondary N) is 2. The molecule has 0 radical (unpaired) electrons. The van der Waals surface area contributed by atoms with Gasteiger partial charge in [0.05, 0.1) is 6.61 Å². The fraction of sp³-hybridized carbons (Fsp3) is 0.938.